The molecule has 2 aliphatic heterocycles. The maximum Gasteiger partial charge on any atom is 0.364 e. The minimum atomic E-state index is -2.48. The molecule has 12 atom stereocenters. The maximum absolute atomic E-state index is 13.0. The van der Waals surface area contributed by atoms with Gasteiger partial charge < -0.3 is 76.0 Å². The van der Waals surface area contributed by atoms with Gasteiger partial charge in [0.1, 0.15) is 24.4 Å². The van der Waals surface area contributed by atoms with Gasteiger partial charge in [0.15, 0.2) is 6.29 Å². The highest BCUT2D eigenvalue weighted by Gasteiger charge is 2.56. The van der Waals surface area contributed by atoms with E-state index in [4.69, 9.17) is 18.9 Å². The van der Waals surface area contributed by atoms with Gasteiger partial charge in [-0.3, -0.25) is 33.6 Å². The lowest BCUT2D eigenvalue weighted by Gasteiger charge is -2.46. The molecule has 0 saturated carbocycles. The van der Waals surface area contributed by atoms with Crippen molar-refractivity contribution >= 4 is 59.4 Å². The van der Waals surface area contributed by atoms with Crippen LogP contribution < -0.4 is 32.1 Å². The third-order valence-corrected chi connectivity index (χ3v) is 17.7. The quantitative estimate of drug-likeness (QED) is 0.0159. The SMILES string of the molecule is CC(=O)N[C@@H]1[C@H]([C@H](O)[C@@H](O)CNC(=O)c2ccc(-c3ccccc3)cc2)O[C@@](OCCCSCCCc2c(CCCSCCCO[C@]3(C=O)C[C@H](O)[C@@H](NC(C)=O)[C@H]([C@H](O)[C@H](O)CNC(=O)c4ccc(-c5ccccc5)cc4)O3)c(=O)c2=O)(C(=O)O)C[C@H]1O. The van der Waals surface area contributed by atoms with E-state index in [2.05, 4.69) is 21.3 Å². The summed E-state index contributed by atoms with van der Waals surface area (Å²) in [5.74, 6) is -6.18. The van der Waals surface area contributed by atoms with Crippen LogP contribution in [0.4, 0.5) is 0 Å². The van der Waals surface area contributed by atoms with Gasteiger partial charge in [0.25, 0.3) is 17.6 Å². The van der Waals surface area contributed by atoms with Crippen molar-refractivity contribution in [2.24, 2.45) is 0 Å². The molecule has 4 amide bonds. The van der Waals surface area contributed by atoms with Crippen LogP contribution in [0, 0.1) is 0 Å². The minimum absolute atomic E-state index is 0.0145. The molecule has 0 spiro atoms. The first-order chi connectivity index (χ1) is 42.7. The topological polar surface area (TPSA) is 363 Å². The first kappa shape index (κ1) is 69.7. The number of hydrogen-bond donors (Lipinski definition) is 11. The fourth-order valence-corrected chi connectivity index (χ4v) is 12.5. The Morgan fingerprint density at radius 2 is 0.966 bits per heavy atom. The number of carboxylic acids is 1. The number of amides is 4. The van der Waals surface area contributed by atoms with Gasteiger partial charge in [-0.1, -0.05) is 84.9 Å². The van der Waals surface area contributed by atoms with Crippen molar-refractivity contribution in [3.8, 4) is 22.3 Å². The summed E-state index contributed by atoms with van der Waals surface area (Å²) in [6.07, 6.45) is -11.4. The van der Waals surface area contributed by atoms with Crippen LogP contribution in [-0.2, 0) is 51.0 Å². The van der Waals surface area contributed by atoms with Gasteiger partial charge in [0, 0.05) is 62.0 Å². The van der Waals surface area contributed by atoms with Crippen LogP contribution in [0.5, 0.6) is 0 Å². The van der Waals surface area contributed by atoms with Crippen molar-refractivity contribution in [3.05, 3.63) is 152 Å². The summed E-state index contributed by atoms with van der Waals surface area (Å²) < 4.78 is 23.5. The molecule has 25 heteroatoms. The fraction of sp³-hybridized carbons (Fsp3) is 0.469. The van der Waals surface area contributed by atoms with Crippen LogP contribution in [0.1, 0.15) is 84.2 Å². The molecule has 480 valence electrons. The average molecular weight is 1270 g/mol. The average Bonchev–Trinajstić information content (AvgIpc) is 0.984. The van der Waals surface area contributed by atoms with E-state index in [0.717, 1.165) is 29.2 Å². The third-order valence-electron chi connectivity index (χ3n) is 15.4. The van der Waals surface area contributed by atoms with Gasteiger partial charge in [-0.05, 0) is 108 Å². The molecule has 2 heterocycles. The molecule has 2 aliphatic rings. The Bertz CT molecular complexity index is 3210. The second-order valence-corrected chi connectivity index (χ2v) is 24.5. The Labute approximate surface area is 523 Å². The Morgan fingerprint density at radius 1 is 0.573 bits per heavy atom. The highest BCUT2D eigenvalue weighted by molar-refractivity contribution is 7.99. The number of hydrogen-bond acceptors (Lipinski definition) is 20. The van der Waals surface area contributed by atoms with E-state index in [-0.39, 0.29) is 18.8 Å². The van der Waals surface area contributed by atoms with Crippen LogP contribution >= 0.6 is 23.5 Å². The molecule has 2 saturated heterocycles. The first-order valence-electron chi connectivity index (χ1n) is 29.5. The van der Waals surface area contributed by atoms with E-state index < -0.39 is 139 Å². The van der Waals surface area contributed by atoms with E-state index in [1.54, 1.807) is 60.3 Å². The van der Waals surface area contributed by atoms with E-state index in [0.29, 0.717) is 84.5 Å². The summed E-state index contributed by atoms with van der Waals surface area (Å²) in [4.78, 5) is 101. The largest absolute Gasteiger partial charge is 0.477 e. The highest BCUT2D eigenvalue weighted by Crippen LogP contribution is 2.35. The number of benzene rings is 4. The Kier molecular flexibility index (Phi) is 26.2. The zero-order chi connectivity index (χ0) is 64.3. The molecule has 89 heavy (non-hydrogen) atoms. The van der Waals surface area contributed by atoms with E-state index in [9.17, 15) is 74.1 Å². The summed E-state index contributed by atoms with van der Waals surface area (Å²) in [5.41, 5.74) is 4.21. The van der Waals surface area contributed by atoms with Crippen LogP contribution in [-0.4, -0.2) is 193 Å². The Hall–Kier alpha value is -6.72. The zero-order valence-electron chi connectivity index (χ0n) is 49.4. The number of aliphatic hydroxyl groups is 6. The molecular weight excluding hydrogens is 1190 g/mol. The molecule has 5 aromatic rings. The van der Waals surface area contributed by atoms with Crippen LogP contribution in [0.3, 0.4) is 0 Å². The van der Waals surface area contributed by atoms with E-state index in [1.807, 2.05) is 60.7 Å². The number of ether oxygens (including phenoxy) is 4. The number of carbonyl (C=O) groups is 6. The van der Waals surface area contributed by atoms with Crippen LogP contribution in [0.15, 0.2) is 119 Å². The van der Waals surface area contributed by atoms with Crippen molar-refractivity contribution in [2.45, 2.75) is 138 Å². The Balaban J connectivity index is 0.792. The summed E-state index contributed by atoms with van der Waals surface area (Å²) in [6, 6.07) is 30.0. The monoisotopic (exact) mass is 1270 g/mol. The van der Waals surface area contributed by atoms with Gasteiger partial charge in [-0.2, -0.15) is 23.5 Å². The lowest BCUT2D eigenvalue weighted by molar-refractivity contribution is -0.310. The second kappa shape index (κ2) is 33.4. The van der Waals surface area contributed by atoms with Gasteiger partial charge in [-0.15, -0.1) is 0 Å². The van der Waals surface area contributed by atoms with Gasteiger partial charge in [0.2, 0.25) is 28.5 Å². The fourth-order valence-electron chi connectivity index (χ4n) is 10.7. The van der Waals surface area contributed by atoms with Crippen molar-refractivity contribution in [2.75, 3.05) is 49.3 Å². The third kappa shape index (κ3) is 18.9. The smallest absolute Gasteiger partial charge is 0.364 e. The van der Waals surface area contributed by atoms with Crippen molar-refractivity contribution in [3.63, 3.8) is 0 Å². The zero-order valence-corrected chi connectivity index (χ0v) is 51.0. The number of thioether (sulfide) groups is 2. The molecular formula is C64H78N4O19S2. The van der Waals surface area contributed by atoms with Gasteiger partial charge in [-0.25, -0.2) is 4.79 Å². The lowest BCUT2D eigenvalue weighted by Crippen LogP contribution is -2.68. The summed E-state index contributed by atoms with van der Waals surface area (Å²) in [7, 11) is 0. The molecule has 0 unspecified atom stereocenters. The number of aliphatic hydroxyl groups excluding tert-OH is 6. The second-order valence-electron chi connectivity index (χ2n) is 22.0. The number of carbonyl (C=O) groups excluding carboxylic acids is 5. The van der Waals surface area contributed by atoms with Crippen molar-refractivity contribution < 1.29 is 83.5 Å². The van der Waals surface area contributed by atoms with Crippen molar-refractivity contribution in [1.29, 1.82) is 0 Å². The molecule has 2 fully saturated rings. The minimum Gasteiger partial charge on any atom is -0.477 e. The number of aldehydes is 1. The molecule has 0 radical (unpaired) electrons. The lowest BCUT2D eigenvalue weighted by atomic mass is 9.88. The maximum atomic E-state index is 13.0. The van der Waals surface area contributed by atoms with E-state index in [1.165, 1.54) is 18.7 Å². The van der Waals surface area contributed by atoms with Crippen LogP contribution in [0.2, 0.25) is 0 Å². The predicted molar refractivity (Wildman–Crippen MR) is 332 cm³/mol. The number of carboxylic acid groups (broad SMARTS) is 1. The number of aliphatic carboxylic acids is 1. The normalized spacial score (nSPS) is 23.1. The summed E-state index contributed by atoms with van der Waals surface area (Å²) in [6.45, 7) is 1.22. The number of rotatable bonds is 34. The highest BCUT2D eigenvalue weighted by atomic mass is 32.2. The molecule has 0 aliphatic carbocycles. The Morgan fingerprint density at radius 3 is 1.38 bits per heavy atom. The first-order valence-corrected chi connectivity index (χ1v) is 31.8. The molecule has 5 aromatic carbocycles. The van der Waals surface area contributed by atoms with E-state index >= 15 is 0 Å². The summed E-state index contributed by atoms with van der Waals surface area (Å²) >= 11 is 3.05. The molecule has 23 nitrogen and oxygen atoms in total. The van der Waals surface area contributed by atoms with Gasteiger partial charge in [0.05, 0.1) is 49.7 Å². The molecule has 7 rings (SSSR count). The predicted octanol–water partition coefficient (Wildman–Crippen LogP) is 2.05. The van der Waals surface area contributed by atoms with Crippen molar-refractivity contribution in [1.82, 2.24) is 21.3 Å². The number of nitrogens with one attached hydrogen (secondary N) is 4. The standard InChI is InChI=1S/C64H78N4O19S2/c1-38(70)67-52-48(72)33-63(37-69,86-58(52)56(78)50(74)35-65-60(80)44-23-19-42(20-24-44)40-13-5-3-6-14-40)84-27-11-31-88-29-9-17-46-47(55(77)54(46)76)18-10-30-89-32-12-28-85-64(62(82)83)34-49(73)53(68-39(2)71)59(87-64)57(79)51(75)36-66-61(81)45-25-21-43(22-26-45)41-15-7-4-8-16-41/h3-8,13-16,19-26,37,48-53,56-59,72-75,78-79H,9-12,17-18,27-36H2,1-2H3,(H,65,80)(H,66,81)(H,67,70)(H,68,71)(H,82,83)/t48-,49+,50+,51-,52+,53-,56+,57+,58+,59+,63+,64+/m0/s1. The van der Waals surface area contributed by atoms with Crippen LogP contribution in [0.25, 0.3) is 22.3 Å². The van der Waals surface area contributed by atoms with Gasteiger partial charge >= 0.3 is 5.97 Å². The molecule has 0 bridgehead atoms. The molecule has 0 aromatic heterocycles. The summed E-state index contributed by atoms with van der Waals surface area (Å²) in [5, 5.41) is 87.4. The molecule has 11 N–H and O–H groups in total.